The van der Waals surface area contributed by atoms with Gasteiger partial charge in [0.15, 0.2) is 6.10 Å². The third kappa shape index (κ3) is 4.88. The van der Waals surface area contributed by atoms with Crippen LogP contribution in [0.2, 0.25) is 5.02 Å². The van der Waals surface area contributed by atoms with Crippen molar-refractivity contribution in [3.63, 3.8) is 0 Å². The summed E-state index contributed by atoms with van der Waals surface area (Å²) < 4.78 is 19.3. The van der Waals surface area contributed by atoms with Gasteiger partial charge in [-0.25, -0.2) is 4.39 Å². The quantitative estimate of drug-likeness (QED) is 0.627. The lowest BCUT2D eigenvalue weighted by molar-refractivity contribution is -0.140. The second kappa shape index (κ2) is 9.46. The number of benzene rings is 2. The molecule has 180 valence electrons. The number of halogens is 2. The second-order valence-electron chi connectivity index (χ2n) is 8.76. The van der Waals surface area contributed by atoms with Gasteiger partial charge in [-0.3, -0.25) is 4.79 Å². The molecule has 2 aromatic carbocycles. The van der Waals surface area contributed by atoms with E-state index in [1.807, 2.05) is 0 Å². The van der Waals surface area contributed by atoms with Gasteiger partial charge < -0.3 is 20.3 Å². The van der Waals surface area contributed by atoms with E-state index in [4.69, 9.17) is 16.3 Å². The van der Waals surface area contributed by atoms with E-state index < -0.39 is 17.8 Å². The van der Waals surface area contributed by atoms with Gasteiger partial charge in [0.25, 0.3) is 12.2 Å². The van der Waals surface area contributed by atoms with Gasteiger partial charge in [0.1, 0.15) is 11.6 Å². The van der Waals surface area contributed by atoms with Crippen LogP contribution in [0.25, 0.3) is 0 Å². The van der Waals surface area contributed by atoms with Crippen LogP contribution in [0.15, 0.2) is 57.1 Å². The number of hydrogen-bond donors (Lipinski definition) is 2. The molecule has 5 rings (SSSR count). The largest absolute Gasteiger partial charge is 0.476 e. The number of fused-ring (bicyclic) bond motifs is 1. The molecule has 3 heterocycles. The van der Waals surface area contributed by atoms with Crippen LogP contribution in [0.4, 0.5) is 15.8 Å². The van der Waals surface area contributed by atoms with Gasteiger partial charge in [-0.15, -0.1) is 10.2 Å². The van der Waals surface area contributed by atoms with Gasteiger partial charge >= 0.3 is 0 Å². The van der Waals surface area contributed by atoms with Crippen LogP contribution in [-0.2, 0) is 11.2 Å². The molecule has 2 aromatic rings. The number of hydrogen-bond acceptors (Lipinski definition) is 9. The monoisotopic (exact) mass is 496 g/mol. The van der Waals surface area contributed by atoms with Crippen LogP contribution in [-0.4, -0.2) is 42.8 Å². The van der Waals surface area contributed by atoms with Gasteiger partial charge in [0.05, 0.1) is 34.4 Å². The molecule has 2 N–H and O–H groups in total. The zero-order valence-corrected chi connectivity index (χ0v) is 19.4. The van der Waals surface area contributed by atoms with Gasteiger partial charge in [-0.2, -0.15) is 5.26 Å². The molecule has 0 radical (unpaired) electrons. The Labute approximate surface area is 205 Å². The topological polar surface area (TPSA) is 127 Å². The first-order valence-electron chi connectivity index (χ1n) is 11.2. The molecule has 10 nitrogen and oxygen atoms in total. The zero-order chi connectivity index (χ0) is 24.4. The fraction of sp³-hybridized carbons (Fsp3) is 0.391. The number of ether oxygens (including phenoxy) is 1. The molecule has 3 aliphatic heterocycles. The van der Waals surface area contributed by atoms with Crippen molar-refractivity contribution in [1.29, 1.82) is 5.26 Å². The van der Waals surface area contributed by atoms with Crippen molar-refractivity contribution in [2.75, 3.05) is 30.3 Å². The standard InChI is InChI=1S/C23H22ClFN8O2/c24-16-9-18-19(10-17(16)28-22-29-31-32-30-22)35-20(12-27-18)21(34)33-7-5-23(13-26,6-8-33)11-14-1-3-15(25)4-2-14/h1-4,9-10,20,22,27-28H,5-8,11-12H2. The molecule has 1 unspecified atom stereocenters. The fourth-order valence-electron chi connectivity index (χ4n) is 4.48. The van der Waals surface area contributed by atoms with Crippen LogP contribution in [0.3, 0.4) is 0 Å². The molecular formula is C23H22ClFN8O2. The summed E-state index contributed by atoms with van der Waals surface area (Å²) in [6, 6.07) is 12.1. The number of anilines is 2. The van der Waals surface area contributed by atoms with Crippen molar-refractivity contribution >= 4 is 28.9 Å². The Bertz CT molecular complexity index is 1210. The molecule has 0 bridgehead atoms. The Morgan fingerprint density at radius 3 is 2.66 bits per heavy atom. The summed E-state index contributed by atoms with van der Waals surface area (Å²) in [5.41, 5.74) is 1.54. The minimum Gasteiger partial charge on any atom is -0.476 e. The lowest BCUT2D eigenvalue weighted by Gasteiger charge is -2.39. The molecule has 0 aromatic heterocycles. The SMILES string of the molecule is N#CC1(Cc2ccc(F)cc2)CCN(C(=O)C2CNc3cc(Cl)c(NC4N=NN=N4)cc3O2)CC1. The molecule has 35 heavy (non-hydrogen) atoms. The van der Waals surface area contributed by atoms with Crippen molar-refractivity contribution in [2.24, 2.45) is 26.1 Å². The Morgan fingerprint density at radius 1 is 1.26 bits per heavy atom. The summed E-state index contributed by atoms with van der Waals surface area (Å²) in [5, 5.41) is 31.0. The van der Waals surface area contributed by atoms with Gasteiger partial charge in [-0.1, -0.05) is 23.7 Å². The molecule has 1 fully saturated rings. The molecule has 1 amide bonds. The smallest absolute Gasteiger partial charge is 0.265 e. The third-order valence-electron chi connectivity index (χ3n) is 6.46. The normalized spacial score (nSPS) is 20.5. The molecule has 0 aliphatic carbocycles. The highest BCUT2D eigenvalue weighted by Gasteiger charge is 2.39. The summed E-state index contributed by atoms with van der Waals surface area (Å²) in [6.45, 7) is 1.20. The van der Waals surface area contributed by atoms with E-state index in [9.17, 15) is 14.4 Å². The molecule has 0 spiro atoms. The van der Waals surface area contributed by atoms with Crippen molar-refractivity contribution in [3.8, 4) is 11.8 Å². The number of likely N-dealkylation sites (tertiary alicyclic amines) is 1. The number of piperidine rings is 1. The predicted molar refractivity (Wildman–Crippen MR) is 125 cm³/mol. The van der Waals surface area contributed by atoms with Crippen molar-refractivity contribution in [3.05, 3.63) is 52.8 Å². The Kier molecular flexibility index (Phi) is 6.21. The summed E-state index contributed by atoms with van der Waals surface area (Å²) >= 11 is 6.34. The molecule has 0 saturated carbocycles. The van der Waals surface area contributed by atoms with Crippen molar-refractivity contribution in [2.45, 2.75) is 31.7 Å². The van der Waals surface area contributed by atoms with Crippen LogP contribution < -0.4 is 15.4 Å². The number of nitriles is 1. The summed E-state index contributed by atoms with van der Waals surface area (Å²) in [5.74, 6) is 0.0370. The number of carbonyl (C=O) groups excluding carboxylic acids is 1. The zero-order valence-electron chi connectivity index (χ0n) is 18.6. The Balaban J connectivity index is 1.22. The number of nitrogens with zero attached hydrogens (tertiary/aromatic N) is 6. The van der Waals surface area contributed by atoms with E-state index in [1.54, 1.807) is 29.2 Å². The van der Waals surface area contributed by atoms with Crippen molar-refractivity contribution < 1.29 is 13.9 Å². The van der Waals surface area contributed by atoms with Gasteiger partial charge in [-0.05, 0) is 53.5 Å². The highest BCUT2D eigenvalue weighted by atomic mass is 35.5. The highest BCUT2D eigenvalue weighted by molar-refractivity contribution is 6.33. The predicted octanol–water partition coefficient (Wildman–Crippen LogP) is 4.56. The van der Waals surface area contributed by atoms with Gasteiger partial charge in [0, 0.05) is 19.2 Å². The first kappa shape index (κ1) is 23.0. The number of carbonyl (C=O) groups is 1. The molecule has 1 atom stereocenters. The molecular weight excluding hydrogens is 475 g/mol. The molecule has 3 aliphatic rings. The fourth-order valence-corrected chi connectivity index (χ4v) is 4.70. The van der Waals surface area contributed by atoms with Crippen molar-refractivity contribution in [1.82, 2.24) is 4.90 Å². The van der Waals surface area contributed by atoms with E-state index in [0.29, 0.717) is 61.0 Å². The number of nitrogens with one attached hydrogen (secondary N) is 2. The Hall–Kier alpha value is -3.78. The average molecular weight is 497 g/mol. The second-order valence-corrected chi connectivity index (χ2v) is 9.17. The lowest BCUT2D eigenvalue weighted by atomic mass is 9.75. The van der Waals surface area contributed by atoms with E-state index in [2.05, 4.69) is 37.4 Å². The minimum atomic E-state index is -0.714. The summed E-state index contributed by atoms with van der Waals surface area (Å²) in [4.78, 5) is 15.0. The first-order chi connectivity index (χ1) is 16.9. The number of rotatable bonds is 5. The lowest BCUT2D eigenvalue weighted by Crippen LogP contribution is -2.51. The third-order valence-corrected chi connectivity index (χ3v) is 6.78. The van der Waals surface area contributed by atoms with E-state index >= 15 is 0 Å². The van der Waals surface area contributed by atoms with Gasteiger partial charge in [0.2, 0.25) is 0 Å². The number of amides is 1. The summed E-state index contributed by atoms with van der Waals surface area (Å²) in [7, 11) is 0. The maximum Gasteiger partial charge on any atom is 0.265 e. The molecule has 12 heteroatoms. The average Bonchev–Trinajstić information content (AvgIpc) is 3.39. The van der Waals surface area contributed by atoms with Crippen LogP contribution in [0.5, 0.6) is 5.75 Å². The first-order valence-corrected chi connectivity index (χ1v) is 11.6. The highest BCUT2D eigenvalue weighted by Crippen LogP contribution is 2.39. The maximum atomic E-state index is 13.2. The van der Waals surface area contributed by atoms with E-state index in [1.165, 1.54) is 12.1 Å². The van der Waals surface area contributed by atoms with E-state index in [-0.39, 0.29) is 11.7 Å². The maximum absolute atomic E-state index is 13.2. The van der Waals surface area contributed by atoms with Crippen LogP contribution in [0.1, 0.15) is 18.4 Å². The minimum absolute atomic E-state index is 0.140. The van der Waals surface area contributed by atoms with Crippen LogP contribution in [0, 0.1) is 22.6 Å². The Morgan fingerprint density at radius 2 is 1.97 bits per heavy atom. The molecule has 1 saturated heterocycles. The van der Waals surface area contributed by atoms with Crippen LogP contribution >= 0.6 is 11.6 Å². The van der Waals surface area contributed by atoms with E-state index in [0.717, 1.165) is 5.56 Å². The summed E-state index contributed by atoms with van der Waals surface area (Å²) in [6.07, 6.45) is 0.226.